The van der Waals surface area contributed by atoms with Crippen molar-refractivity contribution < 1.29 is 13.2 Å². The number of nitrogens with zero attached hydrogens (tertiary/aromatic N) is 2. The van der Waals surface area contributed by atoms with Crippen LogP contribution in [0.25, 0.3) is 0 Å². The zero-order valence-electron chi connectivity index (χ0n) is 17.3. The molecule has 0 aromatic heterocycles. The van der Waals surface area contributed by atoms with Crippen LogP contribution in [0.3, 0.4) is 0 Å². The first-order valence-electron chi connectivity index (χ1n) is 10.00. The van der Waals surface area contributed by atoms with E-state index in [1.807, 2.05) is 61.2 Å². The number of aryl methyl sites for hydroxylation is 1. The van der Waals surface area contributed by atoms with Crippen LogP contribution in [0, 0.1) is 13.8 Å². The minimum atomic E-state index is -3.10. The van der Waals surface area contributed by atoms with E-state index >= 15 is 0 Å². The minimum absolute atomic E-state index is 0.0630. The largest absolute Gasteiger partial charge is 0.341 e. The molecule has 2 aromatic rings. The van der Waals surface area contributed by atoms with Gasteiger partial charge in [-0.05, 0) is 48.7 Å². The summed E-state index contributed by atoms with van der Waals surface area (Å²) in [5.41, 5.74) is 3.99. The molecule has 2 heterocycles. The maximum Gasteiger partial charge on any atom is 0.234 e. The second-order valence-electron chi connectivity index (χ2n) is 7.96. The maximum atomic E-state index is 12.6. The average molecular weight is 478 g/mol. The highest BCUT2D eigenvalue weighted by Crippen LogP contribution is 2.32. The van der Waals surface area contributed by atoms with E-state index in [1.54, 1.807) is 0 Å². The van der Waals surface area contributed by atoms with Gasteiger partial charge < -0.3 is 10.2 Å². The number of hydrogen-bond donors (Lipinski definition) is 1. The predicted octanol–water partition coefficient (Wildman–Crippen LogP) is 3.67. The summed E-state index contributed by atoms with van der Waals surface area (Å²) in [5.74, 6) is 0.244. The quantitative estimate of drug-likeness (QED) is 0.710. The van der Waals surface area contributed by atoms with Gasteiger partial charge in [-0.1, -0.05) is 47.6 Å². The van der Waals surface area contributed by atoms with E-state index in [0.29, 0.717) is 11.6 Å². The predicted molar refractivity (Wildman–Crippen MR) is 128 cm³/mol. The number of amidine groups is 1. The normalized spacial score (nSPS) is 21.6. The summed E-state index contributed by atoms with van der Waals surface area (Å²) in [4.78, 5) is 19.3. The fraction of sp³-hybridized carbons (Fsp3) is 0.364. The van der Waals surface area contributed by atoms with Crippen molar-refractivity contribution in [3.05, 3.63) is 64.2 Å². The van der Waals surface area contributed by atoms with E-state index in [0.717, 1.165) is 27.5 Å². The van der Waals surface area contributed by atoms with Gasteiger partial charge >= 0.3 is 0 Å². The van der Waals surface area contributed by atoms with Crippen molar-refractivity contribution >= 4 is 50.0 Å². The zero-order valence-corrected chi connectivity index (χ0v) is 19.7. The number of hydrogen-bond acceptors (Lipinski definition) is 6. The van der Waals surface area contributed by atoms with Crippen LogP contribution in [0.4, 0.5) is 5.69 Å². The van der Waals surface area contributed by atoms with Gasteiger partial charge in [-0.3, -0.25) is 9.79 Å². The van der Waals surface area contributed by atoms with E-state index in [4.69, 9.17) is 11.6 Å². The Morgan fingerprint density at radius 3 is 2.68 bits per heavy atom. The third-order valence-corrected chi connectivity index (χ3v) is 8.65. The molecule has 9 heteroatoms. The van der Waals surface area contributed by atoms with Crippen LogP contribution < -0.4 is 5.32 Å². The van der Waals surface area contributed by atoms with Crippen molar-refractivity contribution in [3.8, 4) is 0 Å². The Kier molecular flexibility index (Phi) is 6.32. The van der Waals surface area contributed by atoms with Gasteiger partial charge in [0, 0.05) is 17.3 Å². The smallest absolute Gasteiger partial charge is 0.234 e. The van der Waals surface area contributed by atoms with Gasteiger partial charge in [0.25, 0.3) is 0 Å². The van der Waals surface area contributed by atoms with E-state index < -0.39 is 9.84 Å². The number of anilines is 1. The minimum Gasteiger partial charge on any atom is -0.341 e. The lowest BCUT2D eigenvalue weighted by Crippen LogP contribution is -2.38. The number of rotatable bonds is 5. The van der Waals surface area contributed by atoms with Crippen molar-refractivity contribution in [1.29, 1.82) is 0 Å². The van der Waals surface area contributed by atoms with Crippen LogP contribution in [0.15, 0.2) is 47.5 Å². The number of thioether (sulfide) groups is 1. The van der Waals surface area contributed by atoms with Crippen molar-refractivity contribution in [1.82, 2.24) is 4.90 Å². The topological polar surface area (TPSA) is 78.8 Å². The summed E-state index contributed by atoms with van der Waals surface area (Å²) in [5, 5.41) is 4.33. The first-order valence-corrected chi connectivity index (χ1v) is 13.2. The lowest BCUT2D eigenvalue weighted by molar-refractivity contribution is -0.113. The first kappa shape index (κ1) is 22.2. The SMILES string of the molecule is Cc1cccc(NC(=O)CSC2=N[C@H]3CS(=O)(=O)C[C@@H]3N2Cc2ccc(Cl)cc2)c1C. The molecule has 0 bridgehead atoms. The van der Waals surface area contributed by atoms with Crippen LogP contribution in [0.1, 0.15) is 16.7 Å². The van der Waals surface area contributed by atoms with Crippen molar-refractivity contribution in [2.75, 3.05) is 22.6 Å². The summed E-state index contributed by atoms with van der Waals surface area (Å²) < 4.78 is 24.3. The van der Waals surface area contributed by atoms with Crippen LogP contribution in [-0.2, 0) is 21.2 Å². The summed E-state index contributed by atoms with van der Waals surface area (Å²) >= 11 is 7.34. The molecule has 164 valence electrons. The van der Waals surface area contributed by atoms with E-state index in [-0.39, 0.29) is 35.2 Å². The lowest BCUT2D eigenvalue weighted by Gasteiger charge is -2.26. The molecule has 0 saturated carbocycles. The molecule has 2 aliphatic rings. The second kappa shape index (κ2) is 8.84. The van der Waals surface area contributed by atoms with Crippen LogP contribution in [-0.4, -0.2) is 53.7 Å². The number of carbonyl (C=O) groups is 1. The first-order chi connectivity index (χ1) is 14.7. The van der Waals surface area contributed by atoms with Gasteiger partial charge in [0.05, 0.1) is 29.3 Å². The Morgan fingerprint density at radius 1 is 1.19 bits per heavy atom. The molecule has 1 amide bonds. The molecular weight excluding hydrogens is 454 g/mol. The highest BCUT2D eigenvalue weighted by atomic mass is 35.5. The van der Waals surface area contributed by atoms with E-state index in [9.17, 15) is 13.2 Å². The van der Waals surface area contributed by atoms with Gasteiger partial charge in [-0.25, -0.2) is 8.42 Å². The Morgan fingerprint density at radius 2 is 1.94 bits per heavy atom. The Bertz CT molecular complexity index is 1130. The van der Waals surface area contributed by atoms with Gasteiger partial charge in [0.1, 0.15) is 0 Å². The number of halogens is 1. The number of sulfone groups is 1. The monoisotopic (exact) mass is 477 g/mol. The lowest BCUT2D eigenvalue weighted by atomic mass is 10.1. The van der Waals surface area contributed by atoms with Gasteiger partial charge in [-0.15, -0.1) is 0 Å². The number of aliphatic imine (C=N–C) groups is 1. The highest BCUT2D eigenvalue weighted by molar-refractivity contribution is 8.14. The molecule has 6 nitrogen and oxygen atoms in total. The number of nitrogens with one attached hydrogen (secondary N) is 1. The average Bonchev–Trinajstić information content (AvgIpc) is 3.17. The molecule has 2 aliphatic heterocycles. The molecule has 1 fully saturated rings. The second-order valence-corrected chi connectivity index (χ2v) is 11.5. The number of fused-ring (bicyclic) bond motifs is 1. The molecule has 0 unspecified atom stereocenters. The third kappa shape index (κ3) is 5.07. The summed E-state index contributed by atoms with van der Waals surface area (Å²) in [6.07, 6.45) is 0. The van der Waals surface area contributed by atoms with Crippen molar-refractivity contribution in [3.63, 3.8) is 0 Å². The van der Waals surface area contributed by atoms with E-state index in [1.165, 1.54) is 11.8 Å². The fourth-order valence-electron chi connectivity index (χ4n) is 3.88. The molecule has 0 spiro atoms. The number of amides is 1. The van der Waals surface area contributed by atoms with Crippen LogP contribution in [0.5, 0.6) is 0 Å². The van der Waals surface area contributed by atoms with Gasteiger partial charge in [0.2, 0.25) is 5.91 Å². The highest BCUT2D eigenvalue weighted by Gasteiger charge is 2.46. The maximum absolute atomic E-state index is 12.6. The van der Waals surface area contributed by atoms with Crippen LogP contribution >= 0.6 is 23.4 Å². The molecule has 2 aromatic carbocycles. The molecule has 0 radical (unpaired) electrons. The molecular formula is C22H24ClN3O3S2. The number of benzene rings is 2. The van der Waals surface area contributed by atoms with Crippen molar-refractivity contribution in [2.45, 2.75) is 32.5 Å². The van der Waals surface area contributed by atoms with Crippen LogP contribution in [0.2, 0.25) is 5.02 Å². The summed E-state index contributed by atoms with van der Waals surface area (Å²) in [6.45, 7) is 4.52. The molecule has 1 saturated heterocycles. The third-order valence-electron chi connectivity index (χ3n) is 5.69. The molecule has 2 atom stereocenters. The molecule has 4 rings (SSSR count). The summed E-state index contributed by atoms with van der Waals surface area (Å²) in [6, 6.07) is 12.8. The molecule has 31 heavy (non-hydrogen) atoms. The fourth-order valence-corrected chi connectivity index (χ4v) is 6.79. The van der Waals surface area contributed by atoms with Crippen molar-refractivity contribution in [2.24, 2.45) is 4.99 Å². The molecule has 1 N–H and O–H groups in total. The zero-order chi connectivity index (χ0) is 22.2. The standard InChI is InChI=1S/C22H24ClN3O3S2/c1-14-4-3-5-18(15(14)2)24-21(27)11-30-22-25-19-12-31(28,29)13-20(19)26(22)10-16-6-8-17(23)9-7-16/h3-9,19-20H,10-13H2,1-2H3,(H,24,27)/t19-,20-/m0/s1. The van der Waals surface area contributed by atoms with Gasteiger partial charge in [0.15, 0.2) is 15.0 Å². The summed E-state index contributed by atoms with van der Waals surface area (Å²) in [7, 11) is -3.10. The van der Waals surface area contributed by atoms with Gasteiger partial charge in [-0.2, -0.15) is 0 Å². The van der Waals surface area contributed by atoms with E-state index in [2.05, 4.69) is 10.3 Å². The Hall–Kier alpha value is -2.03. The molecule has 0 aliphatic carbocycles. The number of carbonyl (C=O) groups excluding carboxylic acids is 1. The Labute approximate surface area is 192 Å². The Balaban J connectivity index is 1.46.